The van der Waals surface area contributed by atoms with Crippen molar-refractivity contribution in [3.05, 3.63) is 40.4 Å². The molecule has 25 heavy (non-hydrogen) atoms. The molecule has 0 aliphatic carbocycles. The minimum atomic E-state index is -0.135. The van der Waals surface area contributed by atoms with E-state index < -0.39 is 0 Å². The molecule has 8 heteroatoms. The Hall–Kier alpha value is -1.70. The van der Waals surface area contributed by atoms with Crippen LogP contribution < -0.4 is 5.32 Å². The van der Waals surface area contributed by atoms with E-state index in [1.165, 1.54) is 12.8 Å². The van der Waals surface area contributed by atoms with Gasteiger partial charge in [-0.3, -0.25) is 9.69 Å². The number of carbonyl (C=O) groups is 1. The van der Waals surface area contributed by atoms with Gasteiger partial charge in [0.2, 0.25) is 5.91 Å². The van der Waals surface area contributed by atoms with Crippen LogP contribution in [0.2, 0.25) is 5.02 Å². The highest BCUT2D eigenvalue weighted by Crippen LogP contribution is 2.20. The van der Waals surface area contributed by atoms with Crippen molar-refractivity contribution >= 4 is 35.4 Å². The summed E-state index contributed by atoms with van der Waals surface area (Å²) in [6.07, 6.45) is 5.20. The number of rotatable bonds is 9. The molecule has 0 saturated heterocycles. The highest BCUT2D eigenvalue weighted by atomic mass is 35.5. The number of hydrogen-bond acceptors (Lipinski definition) is 4. The minimum absolute atomic E-state index is 0.135. The van der Waals surface area contributed by atoms with Gasteiger partial charge in [0, 0.05) is 6.54 Å². The highest BCUT2D eigenvalue weighted by molar-refractivity contribution is 7.71. The molecule has 0 aliphatic heterocycles. The van der Waals surface area contributed by atoms with Crippen molar-refractivity contribution in [1.29, 1.82) is 0 Å². The third kappa shape index (κ3) is 5.95. The van der Waals surface area contributed by atoms with E-state index in [0.717, 1.165) is 13.0 Å². The lowest BCUT2D eigenvalue weighted by Gasteiger charge is -2.16. The predicted octanol–water partition coefficient (Wildman–Crippen LogP) is 3.79. The van der Waals surface area contributed by atoms with E-state index in [1.807, 2.05) is 28.6 Å². The Kier molecular flexibility index (Phi) is 7.61. The first-order valence-corrected chi connectivity index (χ1v) is 9.15. The Balaban J connectivity index is 1.87. The van der Waals surface area contributed by atoms with Crippen molar-refractivity contribution in [2.24, 2.45) is 0 Å². The molecule has 6 nitrogen and oxygen atoms in total. The van der Waals surface area contributed by atoms with Crippen molar-refractivity contribution in [2.45, 2.75) is 39.4 Å². The summed E-state index contributed by atoms with van der Waals surface area (Å²) in [7, 11) is 1.85. The van der Waals surface area contributed by atoms with Crippen LogP contribution in [0.1, 0.15) is 26.2 Å². The number of halogens is 1. The van der Waals surface area contributed by atoms with Crippen LogP contribution in [-0.2, 0) is 18.0 Å². The minimum Gasteiger partial charge on any atom is -0.324 e. The number of amides is 1. The van der Waals surface area contributed by atoms with E-state index in [-0.39, 0.29) is 12.5 Å². The first kappa shape index (κ1) is 19.6. The number of benzene rings is 1. The molecule has 0 unspecified atom stereocenters. The second-order valence-corrected chi connectivity index (χ2v) is 6.77. The lowest BCUT2D eigenvalue weighted by molar-refractivity contribution is -0.117. The fourth-order valence-electron chi connectivity index (χ4n) is 2.43. The van der Waals surface area contributed by atoms with E-state index >= 15 is 0 Å². The van der Waals surface area contributed by atoms with Gasteiger partial charge in [-0.2, -0.15) is 5.10 Å². The van der Waals surface area contributed by atoms with Crippen molar-refractivity contribution < 1.29 is 4.79 Å². The summed E-state index contributed by atoms with van der Waals surface area (Å²) in [5, 5.41) is 7.65. The number of nitrogens with zero attached hydrogens (tertiary/aromatic N) is 4. The number of aryl methyl sites for hydroxylation is 1. The van der Waals surface area contributed by atoms with Crippen molar-refractivity contribution in [1.82, 2.24) is 19.2 Å². The summed E-state index contributed by atoms with van der Waals surface area (Å²) in [4.78, 5) is 14.0. The Morgan fingerprint density at radius 3 is 2.84 bits per heavy atom. The third-order valence-electron chi connectivity index (χ3n) is 3.74. The topological polar surface area (TPSA) is 55.1 Å². The van der Waals surface area contributed by atoms with Crippen LogP contribution in [-0.4, -0.2) is 38.7 Å². The number of hydrogen-bond donors (Lipinski definition) is 1. The maximum atomic E-state index is 12.2. The van der Waals surface area contributed by atoms with Crippen LogP contribution in [0.3, 0.4) is 0 Å². The van der Waals surface area contributed by atoms with Crippen LogP contribution in [0.4, 0.5) is 5.69 Å². The summed E-state index contributed by atoms with van der Waals surface area (Å²) in [6.45, 7) is 3.72. The normalized spacial score (nSPS) is 11.0. The molecule has 1 N–H and O–H groups in total. The fourth-order valence-corrected chi connectivity index (χ4v) is 2.86. The summed E-state index contributed by atoms with van der Waals surface area (Å²) in [5.74, 6) is -0.135. The zero-order valence-electron chi connectivity index (χ0n) is 14.6. The molecule has 0 bridgehead atoms. The van der Waals surface area contributed by atoms with Gasteiger partial charge in [0.25, 0.3) is 0 Å². The van der Waals surface area contributed by atoms with E-state index in [2.05, 4.69) is 17.3 Å². The average Bonchev–Trinajstić information content (AvgIpc) is 2.90. The summed E-state index contributed by atoms with van der Waals surface area (Å²) in [6, 6.07) is 7.16. The summed E-state index contributed by atoms with van der Waals surface area (Å²) < 4.78 is 4.38. The molecule has 0 saturated carbocycles. The van der Waals surface area contributed by atoms with Gasteiger partial charge in [0.1, 0.15) is 6.33 Å². The van der Waals surface area contributed by atoms with Crippen molar-refractivity contribution in [3.63, 3.8) is 0 Å². The molecule has 2 aromatic rings. The molecule has 0 radical (unpaired) electrons. The van der Waals surface area contributed by atoms with E-state index in [9.17, 15) is 4.79 Å². The number of nitrogens with one attached hydrogen (secondary N) is 1. The van der Waals surface area contributed by atoms with Gasteiger partial charge in [0.15, 0.2) is 4.77 Å². The Labute approximate surface area is 158 Å². The van der Waals surface area contributed by atoms with Crippen molar-refractivity contribution in [2.75, 3.05) is 18.9 Å². The van der Waals surface area contributed by atoms with Crippen LogP contribution in [0, 0.1) is 4.77 Å². The molecule has 1 heterocycles. The second kappa shape index (κ2) is 9.70. The largest absolute Gasteiger partial charge is 0.324 e. The van der Waals surface area contributed by atoms with Gasteiger partial charge in [-0.15, -0.1) is 0 Å². The zero-order chi connectivity index (χ0) is 18.2. The van der Waals surface area contributed by atoms with Crippen LogP contribution in [0.5, 0.6) is 0 Å². The molecule has 1 aromatic carbocycles. The standard InChI is InChI=1S/C17H24ClN5OS/c1-3-4-7-10-22-12-19-23(17(22)25)13-21(2)11-16(24)20-15-9-6-5-8-14(15)18/h5-6,8-9,12H,3-4,7,10-11,13H2,1-2H3,(H,20,24). The summed E-state index contributed by atoms with van der Waals surface area (Å²) >= 11 is 11.5. The molecular weight excluding hydrogens is 358 g/mol. The Bertz CT molecular complexity index is 757. The highest BCUT2D eigenvalue weighted by Gasteiger charge is 2.10. The lowest BCUT2D eigenvalue weighted by Crippen LogP contribution is -2.32. The quantitative estimate of drug-likeness (QED) is 0.530. The van der Waals surface area contributed by atoms with E-state index in [0.29, 0.717) is 22.1 Å². The van der Waals surface area contributed by atoms with Gasteiger partial charge in [-0.25, -0.2) is 4.68 Å². The molecule has 136 valence electrons. The Morgan fingerprint density at radius 1 is 1.36 bits per heavy atom. The van der Waals surface area contributed by atoms with Gasteiger partial charge in [0.05, 0.1) is 23.9 Å². The molecule has 0 aliphatic rings. The summed E-state index contributed by atoms with van der Waals surface area (Å²) in [5.41, 5.74) is 0.611. The SMILES string of the molecule is CCCCCn1cnn(CN(C)CC(=O)Nc2ccccc2Cl)c1=S. The van der Waals surface area contributed by atoms with Crippen LogP contribution in [0.15, 0.2) is 30.6 Å². The monoisotopic (exact) mass is 381 g/mol. The Morgan fingerprint density at radius 2 is 2.12 bits per heavy atom. The second-order valence-electron chi connectivity index (χ2n) is 6.00. The van der Waals surface area contributed by atoms with Gasteiger partial charge < -0.3 is 9.88 Å². The number of aromatic nitrogens is 3. The number of carbonyl (C=O) groups excluding carboxylic acids is 1. The number of unbranched alkanes of at least 4 members (excludes halogenated alkanes) is 2. The first-order chi connectivity index (χ1) is 12.0. The molecule has 0 fully saturated rings. The van der Waals surface area contributed by atoms with Crippen molar-refractivity contribution in [3.8, 4) is 0 Å². The van der Waals surface area contributed by atoms with Crippen LogP contribution in [0.25, 0.3) is 0 Å². The van der Waals surface area contributed by atoms with E-state index in [1.54, 1.807) is 23.1 Å². The lowest BCUT2D eigenvalue weighted by atomic mass is 10.2. The maximum absolute atomic E-state index is 12.2. The zero-order valence-corrected chi connectivity index (χ0v) is 16.2. The molecule has 0 atom stereocenters. The number of para-hydroxylation sites is 1. The molecule has 1 amide bonds. The predicted molar refractivity (Wildman–Crippen MR) is 103 cm³/mol. The third-order valence-corrected chi connectivity index (χ3v) is 4.51. The maximum Gasteiger partial charge on any atom is 0.238 e. The number of anilines is 1. The van der Waals surface area contributed by atoms with Crippen LogP contribution >= 0.6 is 23.8 Å². The molecule has 2 rings (SSSR count). The molecule has 1 aromatic heterocycles. The molecular formula is C17H24ClN5OS. The number of likely N-dealkylation sites (N-methyl/N-ethyl adjacent to an activating group) is 1. The fraction of sp³-hybridized carbons (Fsp3) is 0.471. The van der Waals surface area contributed by atoms with E-state index in [4.69, 9.17) is 23.8 Å². The smallest absolute Gasteiger partial charge is 0.238 e. The van der Waals surface area contributed by atoms with Gasteiger partial charge in [-0.1, -0.05) is 43.5 Å². The first-order valence-electron chi connectivity index (χ1n) is 8.36. The average molecular weight is 382 g/mol. The van der Waals surface area contributed by atoms with Gasteiger partial charge in [-0.05, 0) is 37.8 Å². The van der Waals surface area contributed by atoms with Gasteiger partial charge >= 0.3 is 0 Å². The molecule has 0 spiro atoms.